The molecule has 0 aliphatic rings. The van der Waals surface area contributed by atoms with Crippen LogP contribution in [0.4, 0.5) is 5.69 Å². The fourth-order valence-electron chi connectivity index (χ4n) is 3.30. The first-order chi connectivity index (χ1) is 14.3. The third-order valence-corrected chi connectivity index (χ3v) is 4.84. The van der Waals surface area contributed by atoms with E-state index in [0.717, 1.165) is 22.5 Å². The second kappa shape index (κ2) is 8.60. The lowest BCUT2D eigenvalue weighted by molar-refractivity contribution is -0.384. The summed E-state index contributed by atoms with van der Waals surface area (Å²) < 4.78 is 7.29. The monoisotopic (exact) mass is 406 g/mol. The van der Waals surface area contributed by atoms with Gasteiger partial charge in [-0.25, -0.2) is 5.43 Å². The van der Waals surface area contributed by atoms with Gasteiger partial charge >= 0.3 is 0 Å². The quantitative estimate of drug-likeness (QED) is 0.379. The molecule has 0 fully saturated rings. The Morgan fingerprint density at radius 3 is 2.57 bits per heavy atom. The molecule has 0 atom stereocenters. The van der Waals surface area contributed by atoms with Crippen LogP contribution in [0, 0.1) is 30.9 Å². The molecule has 0 radical (unpaired) electrons. The van der Waals surface area contributed by atoms with Gasteiger partial charge in [0.1, 0.15) is 5.75 Å². The average Bonchev–Trinajstić information content (AvgIpc) is 3.00. The van der Waals surface area contributed by atoms with Crippen LogP contribution in [-0.4, -0.2) is 28.7 Å². The number of nitro groups is 1. The number of nitro benzene ring substituents is 1. The molecule has 3 rings (SSSR count). The number of non-ortho nitro benzene ring substituents is 1. The van der Waals surface area contributed by atoms with Gasteiger partial charge in [-0.15, -0.1) is 0 Å². The number of hydrazone groups is 1. The van der Waals surface area contributed by atoms with Crippen LogP contribution in [0.25, 0.3) is 5.69 Å². The lowest BCUT2D eigenvalue weighted by Crippen LogP contribution is -2.18. The number of ether oxygens (including phenoxy) is 1. The summed E-state index contributed by atoms with van der Waals surface area (Å²) in [5.41, 5.74) is 7.18. The van der Waals surface area contributed by atoms with E-state index in [1.54, 1.807) is 24.4 Å². The van der Waals surface area contributed by atoms with Gasteiger partial charge in [-0.05, 0) is 44.5 Å². The van der Waals surface area contributed by atoms with E-state index >= 15 is 0 Å². The third kappa shape index (κ3) is 4.07. The molecule has 3 aromatic rings. The minimum Gasteiger partial charge on any atom is -0.494 e. The molecule has 0 aliphatic heterocycles. The zero-order chi connectivity index (χ0) is 21.8. The van der Waals surface area contributed by atoms with Crippen LogP contribution in [0.3, 0.4) is 0 Å². The molecular weight excluding hydrogens is 384 g/mol. The molecule has 1 heterocycles. The number of aryl methyl sites for hydroxylation is 2. The first-order valence-corrected chi connectivity index (χ1v) is 9.24. The van der Waals surface area contributed by atoms with Crippen LogP contribution >= 0.6 is 0 Å². The van der Waals surface area contributed by atoms with Gasteiger partial charge in [0.2, 0.25) is 0 Å². The largest absolute Gasteiger partial charge is 0.494 e. The molecule has 8 heteroatoms. The second-order valence-corrected chi connectivity index (χ2v) is 6.79. The maximum absolute atomic E-state index is 12.3. The van der Waals surface area contributed by atoms with Crippen molar-refractivity contribution in [3.63, 3.8) is 0 Å². The Hall–Kier alpha value is -3.94. The summed E-state index contributed by atoms with van der Waals surface area (Å²) in [4.78, 5) is 22.9. The predicted octanol–water partition coefficient (Wildman–Crippen LogP) is 4.08. The maximum atomic E-state index is 12.3. The number of rotatable bonds is 6. The minimum absolute atomic E-state index is 0.0428. The van der Waals surface area contributed by atoms with E-state index in [-0.39, 0.29) is 11.6 Å². The van der Waals surface area contributed by atoms with E-state index in [4.69, 9.17) is 4.74 Å². The predicted molar refractivity (Wildman–Crippen MR) is 115 cm³/mol. The summed E-state index contributed by atoms with van der Waals surface area (Å²) in [6.07, 6.45) is 1.58. The molecular formula is C22H22N4O4. The fraction of sp³-hybridized carbons (Fsp3) is 0.182. The van der Waals surface area contributed by atoms with Crippen LogP contribution in [-0.2, 0) is 0 Å². The Morgan fingerprint density at radius 2 is 1.90 bits per heavy atom. The molecule has 0 unspecified atom stereocenters. The first kappa shape index (κ1) is 20.8. The molecule has 8 nitrogen and oxygen atoms in total. The number of carbonyl (C=O) groups is 1. The Morgan fingerprint density at radius 1 is 1.17 bits per heavy atom. The molecule has 0 saturated heterocycles. The fourth-order valence-corrected chi connectivity index (χ4v) is 3.30. The number of hydrogen-bond donors (Lipinski definition) is 1. The lowest BCUT2D eigenvalue weighted by atomic mass is 10.1. The molecule has 154 valence electrons. The molecule has 30 heavy (non-hydrogen) atoms. The van der Waals surface area contributed by atoms with Gasteiger partial charge in [0, 0.05) is 28.6 Å². The van der Waals surface area contributed by atoms with E-state index in [0.29, 0.717) is 17.0 Å². The molecule has 2 aromatic carbocycles. The number of nitrogens with one attached hydrogen (secondary N) is 1. The summed E-state index contributed by atoms with van der Waals surface area (Å²) >= 11 is 0. The average molecular weight is 406 g/mol. The van der Waals surface area contributed by atoms with Gasteiger partial charge in [-0.3, -0.25) is 14.9 Å². The van der Waals surface area contributed by atoms with E-state index in [1.165, 1.54) is 19.2 Å². The van der Waals surface area contributed by atoms with Gasteiger partial charge in [-0.1, -0.05) is 18.2 Å². The highest BCUT2D eigenvalue weighted by atomic mass is 16.6. The van der Waals surface area contributed by atoms with Crippen LogP contribution in [0.2, 0.25) is 0 Å². The van der Waals surface area contributed by atoms with Crippen molar-refractivity contribution in [2.24, 2.45) is 5.10 Å². The zero-order valence-corrected chi connectivity index (χ0v) is 17.2. The van der Waals surface area contributed by atoms with Gasteiger partial charge in [0.25, 0.3) is 11.6 Å². The number of amides is 1. The normalized spacial score (nSPS) is 10.9. The molecule has 0 spiro atoms. The van der Waals surface area contributed by atoms with Gasteiger partial charge in [0.15, 0.2) is 0 Å². The Bertz CT molecular complexity index is 1150. The van der Waals surface area contributed by atoms with Gasteiger partial charge in [-0.2, -0.15) is 5.10 Å². The topological polar surface area (TPSA) is 98.8 Å². The molecule has 0 aliphatic carbocycles. The number of aromatic nitrogens is 1. The van der Waals surface area contributed by atoms with Gasteiger partial charge in [0.05, 0.1) is 30.0 Å². The first-order valence-electron chi connectivity index (χ1n) is 9.24. The van der Waals surface area contributed by atoms with Crippen molar-refractivity contribution in [1.29, 1.82) is 0 Å². The molecule has 0 bridgehead atoms. The number of nitrogens with zero attached hydrogens (tertiary/aromatic N) is 3. The summed E-state index contributed by atoms with van der Waals surface area (Å²) in [6.45, 7) is 5.68. The summed E-state index contributed by atoms with van der Waals surface area (Å²) in [5, 5.41) is 15.1. The second-order valence-electron chi connectivity index (χ2n) is 6.79. The highest BCUT2D eigenvalue weighted by molar-refractivity contribution is 5.96. The highest BCUT2D eigenvalue weighted by Gasteiger charge is 2.17. The van der Waals surface area contributed by atoms with Crippen molar-refractivity contribution in [3.05, 3.63) is 86.7 Å². The van der Waals surface area contributed by atoms with Crippen molar-refractivity contribution in [2.45, 2.75) is 20.8 Å². The van der Waals surface area contributed by atoms with Crippen molar-refractivity contribution in [2.75, 3.05) is 7.11 Å². The zero-order valence-electron chi connectivity index (χ0n) is 17.2. The van der Waals surface area contributed by atoms with Crippen molar-refractivity contribution >= 4 is 17.8 Å². The molecule has 1 amide bonds. The van der Waals surface area contributed by atoms with Gasteiger partial charge < -0.3 is 9.30 Å². The van der Waals surface area contributed by atoms with E-state index in [1.807, 2.05) is 43.5 Å². The van der Waals surface area contributed by atoms with Crippen LogP contribution in [0.15, 0.2) is 53.6 Å². The van der Waals surface area contributed by atoms with Crippen molar-refractivity contribution in [1.82, 2.24) is 9.99 Å². The summed E-state index contributed by atoms with van der Waals surface area (Å²) in [5.74, 6) is 0.109. The van der Waals surface area contributed by atoms with Crippen LogP contribution in [0.1, 0.15) is 32.9 Å². The minimum atomic E-state index is -0.461. The molecule has 0 saturated carbocycles. The molecule has 1 N–H and O–H groups in total. The Kier molecular flexibility index (Phi) is 5.96. The SMILES string of the molecule is COc1cc([N+](=O)[O-])ccc1-n1c(C)cc(/C=N\NC(=O)c2ccccc2C)c1C. The maximum Gasteiger partial charge on any atom is 0.273 e. The number of carbonyl (C=O) groups excluding carboxylic acids is 1. The standard InChI is InChI=1S/C22H22N4O4/c1-14-7-5-6-8-19(14)22(27)24-23-13-17-11-15(2)25(16(17)3)20-10-9-18(26(28)29)12-21(20)30-4/h5-13H,1-4H3,(H,24,27)/b23-13-. The number of benzene rings is 2. The van der Waals surface area contributed by atoms with E-state index in [2.05, 4.69) is 10.5 Å². The number of methoxy groups -OCH3 is 1. The third-order valence-electron chi connectivity index (χ3n) is 4.84. The summed E-state index contributed by atoms with van der Waals surface area (Å²) in [7, 11) is 1.47. The molecule has 1 aromatic heterocycles. The van der Waals surface area contributed by atoms with Crippen molar-refractivity contribution < 1.29 is 14.5 Å². The van der Waals surface area contributed by atoms with E-state index in [9.17, 15) is 14.9 Å². The number of hydrogen-bond acceptors (Lipinski definition) is 5. The summed E-state index contributed by atoms with van der Waals surface area (Å²) in [6, 6.07) is 13.7. The van der Waals surface area contributed by atoms with Crippen LogP contribution in [0.5, 0.6) is 5.75 Å². The smallest absolute Gasteiger partial charge is 0.273 e. The Labute approximate surface area is 173 Å². The van der Waals surface area contributed by atoms with Crippen LogP contribution < -0.4 is 10.2 Å². The highest BCUT2D eigenvalue weighted by Crippen LogP contribution is 2.31. The van der Waals surface area contributed by atoms with Crippen molar-refractivity contribution in [3.8, 4) is 11.4 Å². The Balaban J connectivity index is 1.88. The lowest BCUT2D eigenvalue weighted by Gasteiger charge is -2.13. The van der Waals surface area contributed by atoms with E-state index < -0.39 is 4.92 Å².